The molecular formula is C15H27NO5. The lowest BCUT2D eigenvalue weighted by Crippen LogP contribution is -2.63. The van der Waals surface area contributed by atoms with Gasteiger partial charge in [0.2, 0.25) is 12.1 Å². The second kappa shape index (κ2) is 6.20. The highest BCUT2D eigenvalue weighted by Gasteiger charge is 2.54. The fourth-order valence-electron chi connectivity index (χ4n) is 3.59. The van der Waals surface area contributed by atoms with Crippen LogP contribution in [-0.2, 0) is 19.2 Å². The molecule has 1 heterocycles. The van der Waals surface area contributed by atoms with Crippen LogP contribution in [0.25, 0.3) is 0 Å². The second-order valence-electron chi connectivity index (χ2n) is 6.44. The van der Waals surface area contributed by atoms with E-state index in [1.54, 1.807) is 6.92 Å². The van der Waals surface area contributed by atoms with Crippen molar-refractivity contribution >= 4 is 5.97 Å². The quantitative estimate of drug-likeness (QED) is 0.351. The summed E-state index contributed by atoms with van der Waals surface area (Å²) in [6.07, 6.45) is 4.17. The summed E-state index contributed by atoms with van der Waals surface area (Å²) in [5.74, 6) is -1.47. The third-order valence-electron chi connectivity index (χ3n) is 5.18. The molecule has 3 N–H and O–H groups in total. The Balaban J connectivity index is 2.21. The summed E-state index contributed by atoms with van der Waals surface area (Å²) in [4.78, 5) is 16.8. The fourth-order valence-corrected chi connectivity index (χ4v) is 3.59. The largest absolute Gasteiger partial charge is 0.434 e. The van der Waals surface area contributed by atoms with Gasteiger partial charge in [0.05, 0.1) is 0 Å². The summed E-state index contributed by atoms with van der Waals surface area (Å²) in [5.41, 5.74) is 5.22. The summed E-state index contributed by atoms with van der Waals surface area (Å²) in [7, 11) is 0. The Labute approximate surface area is 125 Å². The van der Waals surface area contributed by atoms with E-state index in [9.17, 15) is 10.1 Å². The summed E-state index contributed by atoms with van der Waals surface area (Å²) < 4.78 is 11.3. The molecule has 6 nitrogen and oxygen atoms in total. The minimum absolute atomic E-state index is 0.0441. The molecule has 21 heavy (non-hydrogen) atoms. The van der Waals surface area contributed by atoms with Crippen LogP contribution in [0.15, 0.2) is 0 Å². The molecule has 2 fully saturated rings. The number of nitrogens with two attached hydrogens (primary N) is 1. The van der Waals surface area contributed by atoms with Gasteiger partial charge in [-0.05, 0) is 25.7 Å². The molecule has 4 atom stereocenters. The van der Waals surface area contributed by atoms with Crippen LogP contribution in [0.2, 0.25) is 0 Å². The summed E-state index contributed by atoms with van der Waals surface area (Å²) in [6.45, 7) is 5.45. The molecule has 2 rings (SSSR count). The highest BCUT2D eigenvalue weighted by atomic mass is 17.1. The molecule has 1 aliphatic carbocycles. The van der Waals surface area contributed by atoms with Crippen molar-refractivity contribution in [2.45, 2.75) is 76.9 Å². The topological polar surface area (TPSA) is 91.0 Å². The van der Waals surface area contributed by atoms with Gasteiger partial charge in [0.1, 0.15) is 5.54 Å². The molecule has 6 heteroatoms. The van der Waals surface area contributed by atoms with Crippen molar-refractivity contribution in [3.05, 3.63) is 0 Å². The molecule has 0 radical (unpaired) electrons. The van der Waals surface area contributed by atoms with E-state index in [2.05, 4.69) is 4.89 Å². The summed E-state index contributed by atoms with van der Waals surface area (Å²) in [5, 5.41) is 9.18. The molecule has 0 aromatic rings. The number of carbonyl (C=O) groups is 1. The van der Waals surface area contributed by atoms with Gasteiger partial charge in [0.25, 0.3) is 0 Å². The number of rotatable bonds is 5. The first-order chi connectivity index (χ1) is 9.90. The van der Waals surface area contributed by atoms with Crippen molar-refractivity contribution in [3.63, 3.8) is 0 Å². The average Bonchev–Trinajstić information content (AvgIpc) is 2.50. The molecule has 0 bridgehead atoms. The zero-order valence-electron chi connectivity index (χ0n) is 13.1. The Hall–Kier alpha value is -0.690. The molecule has 1 aliphatic heterocycles. The maximum atomic E-state index is 12.2. The minimum Gasteiger partial charge on any atom is -0.434 e. The van der Waals surface area contributed by atoms with Gasteiger partial charge in [-0.1, -0.05) is 26.7 Å². The molecule has 0 aromatic carbocycles. The zero-order chi connectivity index (χ0) is 15.7. The lowest BCUT2D eigenvalue weighted by molar-refractivity contribution is -0.436. The van der Waals surface area contributed by atoms with Crippen LogP contribution in [0.5, 0.6) is 0 Å². The van der Waals surface area contributed by atoms with Gasteiger partial charge in [0.15, 0.2) is 0 Å². The predicted molar refractivity (Wildman–Crippen MR) is 76.0 cm³/mol. The third-order valence-corrected chi connectivity index (χ3v) is 5.18. The van der Waals surface area contributed by atoms with E-state index < -0.39 is 23.6 Å². The molecule has 1 saturated carbocycles. The Morgan fingerprint density at radius 3 is 2.57 bits per heavy atom. The van der Waals surface area contributed by atoms with Crippen LogP contribution in [0, 0.1) is 11.8 Å². The monoisotopic (exact) mass is 301 g/mol. The van der Waals surface area contributed by atoms with Crippen molar-refractivity contribution in [2.75, 3.05) is 0 Å². The normalized spacial score (nSPS) is 37.0. The number of hydrogen-bond donors (Lipinski definition) is 2. The minimum atomic E-state index is -1.13. The van der Waals surface area contributed by atoms with E-state index in [4.69, 9.17) is 15.2 Å². The Kier molecular flexibility index (Phi) is 4.92. The van der Waals surface area contributed by atoms with E-state index in [1.807, 2.05) is 13.8 Å². The fraction of sp³-hybridized carbons (Fsp3) is 0.933. The molecule has 122 valence electrons. The number of hydrogen-bond acceptors (Lipinski definition) is 6. The number of esters is 1. The molecule has 2 aliphatic rings. The SMILES string of the molecule is CCC(CC)(OO)O[C@H]1OC(=O)C(C)(N)[C@@H]2CCCCC12. The smallest absolute Gasteiger partial charge is 0.328 e. The van der Waals surface area contributed by atoms with E-state index in [-0.39, 0.29) is 11.8 Å². The summed E-state index contributed by atoms with van der Waals surface area (Å²) >= 11 is 0. The second-order valence-corrected chi connectivity index (χ2v) is 6.44. The molecule has 0 spiro atoms. The van der Waals surface area contributed by atoms with E-state index in [1.165, 1.54) is 0 Å². The Morgan fingerprint density at radius 2 is 2.00 bits per heavy atom. The summed E-state index contributed by atoms with van der Waals surface area (Å²) in [6, 6.07) is 0. The lowest BCUT2D eigenvalue weighted by Gasteiger charge is -2.49. The van der Waals surface area contributed by atoms with Gasteiger partial charge in [-0.25, -0.2) is 14.9 Å². The van der Waals surface area contributed by atoms with Crippen molar-refractivity contribution in [1.29, 1.82) is 0 Å². The van der Waals surface area contributed by atoms with Gasteiger partial charge in [-0.3, -0.25) is 0 Å². The van der Waals surface area contributed by atoms with E-state index in [0.717, 1.165) is 25.7 Å². The maximum Gasteiger partial charge on any atom is 0.328 e. The number of ether oxygens (including phenoxy) is 2. The van der Waals surface area contributed by atoms with Crippen molar-refractivity contribution < 1.29 is 24.4 Å². The van der Waals surface area contributed by atoms with Gasteiger partial charge >= 0.3 is 5.97 Å². The van der Waals surface area contributed by atoms with Crippen LogP contribution >= 0.6 is 0 Å². The van der Waals surface area contributed by atoms with Crippen molar-refractivity contribution in [1.82, 2.24) is 0 Å². The van der Waals surface area contributed by atoms with Gasteiger partial charge in [-0.15, -0.1) is 0 Å². The van der Waals surface area contributed by atoms with E-state index in [0.29, 0.717) is 12.8 Å². The first kappa shape index (κ1) is 16.7. The van der Waals surface area contributed by atoms with Crippen molar-refractivity contribution in [3.8, 4) is 0 Å². The Bertz CT molecular complexity index is 372. The molecular weight excluding hydrogens is 274 g/mol. The first-order valence-corrected chi connectivity index (χ1v) is 7.90. The number of fused-ring (bicyclic) bond motifs is 1. The lowest BCUT2D eigenvalue weighted by atomic mass is 9.67. The zero-order valence-corrected chi connectivity index (χ0v) is 13.1. The van der Waals surface area contributed by atoms with E-state index >= 15 is 0 Å². The van der Waals surface area contributed by atoms with Gasteiger partial charge in [-0.2, -0.15) is 0 Å². The van der Waals surface area contributed by atoms with Crippen molar-refractivity contribution in [2.24, 2.45) is 17.6 Å². The molecule has 1 saturated heterocycles. The number of cyclic esters (lactones) is 1. The van der Waals surface area contributed by atoms with Crippen LogP contribution < -0.4 is 5.73 Å². The third kappa shape index (κ3) is 2.95. The molecule has 0 amide bonds. The predicted octanol–water partition coefficient (Wildman–Crippen LogP) is 2.42. The molecule has 2 unspecified atom stereocenters. The average molecular weight is 301 g/mol. The van der Waals surface area contributed by atoms with Crippen LogP contribution in [0.1, 0.15) is 59.3 Å². The first-order valence-electron chi connectivity index (χ1n) is 7.90. The maximum absolute atomic E-state index is 12.2. The van der Waals surface area contributed by atoms with Crippen LogP contribution in [0.4, 0.5) is 0 Å². The highest BCUT2D eigenvalue weighted by molar-refractivity contribution is 5.81. The van der Waals surface area contributed by atoms with Crippen LogP contribution in [0.3, 0.4) is 0 Å². The standard InChI is InChI=1S/C15H27NO5/c1-4-15(5-2,21-18)20-12-10-8-6-7-9-11(10)14(3,16)13(17)19-12/h10-12,18H,4-9,16H2,1-3H3/t10?,11-,12-,14?/m1/s1. The van der Waals surface area contributed by atoms with Crippen LogP contribution in [-0.4, -0.2) is 28.8 Å². The van der Waals surface area contributed by atoms with Gasteiger partial charge < -0.3 is 15.2 Å². The van der Waals surface area contributed by atoms with Gasteiger partial charge in [0, 0.05) is 18.8 Å². The highest BCUT2D eigenvalue weighted by Crippen LogP contribution is 2.44. The Morgan fingerprint density at radius 1 is 1.38 bits per heavy atom. The number of carbonyl (C=O) groups excluding carboxylic acids is 1. The molecule has 0 aromatic heterocycles.